The van der Waals surface area contributed by atoms with Crippen molar-refractivity contribution < 1.29 is 4.79 Å². The first-order chi connectivity index (χ1) is 16.4. The van der Waals surface area contributed by atoms with Crippen LogP contribution in [0.1, 0.15) is 49.3 Å². The molecule has 0 radical (unpaired) electrons. The maximum atomic E-state index is 13.2. The van der Waals surface area contributed by atoms with Crippen molar-refractivity contribution in [2.45, 2.75) is 0 Å². The topological polar surface area (TPSA) is 121 Å². The fourth-order valence-corrected chi connectivity index (χ4v) is 4.76. The van der Waals surface area contributed by atoms with E-state index in [9.17, 15) is 4.79 Å². The van der Waals surface area contributed by atoms with Crippen LogP contribution in [0.4, 0.5) is 22.7 Å². The minimum atomic E-state index is -0.00398. The van der Waals surface area contributed by atoms with Gasteiger partial charge < -0.3 is 22.9 Å². The van der Waals surface area contributed by atoms with Gasteiger partial charge in [-0.1, -0.05) is 24.3 Å². The van der Waals surface area contributed by atoms with Crippen molar-refractivity contribution in [1.29, 1.82) is 0 Å². The van der Waals surface area contributed by atoms with Gasteiger partial charge in [0.15, 0.2) is 5.78 Å². The Morgan fingerprint density at radius 3 is 1.24 bits per heavy atom. The summed E-state index contributed by atoms with van der Waals surface area (Å²) in [6, 6.07) is 22.7. The molecule has 4 aromatic rings. The van der Waals surface area contributed by atoms with Crippen LogP contribution in [0.3, 0.4) is 0 Å². The third-order valence-electron chi connectivity index (χ3n) is 6.38. The molecule has 34 heavy (non-hydrogen) atoms. The normalized spacial score (nSPS) is 13.1. The van der Waals surface area contributed by atoms with E-state index in [0.29, 0.717) is 33.9 Å². The largest absolute Gasteiger partial charge is 0.399 e. The molecule has 0 heterocycles. The summed E-state index contributed by atoms with van der Waals surface area (Å²) in [4.78, 5) is 13.2. The zero-order valence-electron chi connectivity index (χ0n) is 18.3. The van der Waals surface area contributed by atoms with Crippen molar-refractivity contribution in [1.82, 2.24) is 0 Å². The number of benzene rings is 4. The zero-order chi connectivity index (χ0) is 23.6. The molecule has 0 fully saturated rings. The number of carbonyl (C=O) groups excluding carboxylic acids is 1. The number of carbonyl (C=O) groups is 1. The van der Waals surface area contributed by atoms with Crippen LogP contribution in [0, 0.1) is 0 Å². The van der Waals surface area contributed by atoms with Gasteiger partial charge in [-0.15, -0.1) is 0 Å². The van der Waals surface area contributed by atoms with Crippen molar-refractivity contribution in [2.75, 3.05) is 22.9 Å². The van der Waals surface area contributed by atoms with Crippen LogP contribution in [0.15, 0.2) is 72.8 Å². The molecule has 164 valence electrons. The molecule has 0 bridgehead atoms. The Labute approximate surface area is 197 Å². The Balaban J connectivity index is 1.25. The molecule has 5 heteroatoms. The summed E-state index contributed by atoms with van der Waals surface area (Å²) in [6.07, 6.45) is 4.12. The molecular weight excluding hydrogens is 420 g/mol. The first-order valence-electron chi connectivity index (χ1n) is 11.0. The third kappa shape index (κ3) is 3.14. The summed E-state index contributed by atoms with van der Waals surface area (Å²) < 4.78 is 0. The summed E-state index contributed by atoms with van der Waals surface area (Å²) in [5, 5.41) is 0. The van der Waals surface area contributed by atoms with Gasteiger partial charge in [0.2, 0.25) is 0 Å². The lowest BCUT2D eigenvalue weighted by molar-refractivity contribution is 0.103. The number of fused-ring (bicyclic) bond motifs is 2. The summed E-state index contributed by atoms with van der Waals surface area (Å²) in [5.74, 6) is -0.00398. The van der Waals surface area contributed by atoms with E-state index in [4.69, 9.17) is 22.9 Å². The summed E-state index contributed by atoms with van der Waals surface area (Å²) in [5.41, 5.74) is 36.0. The van der Waals surface area contributed by atoms with Crippen LogP contribution < -0.4 is 22.9 Å². The second-order valence-electron chi connectivity index (χ2n) is 8.83. The second-order valence-corrected chi connectivity index (χ2v) is 8.83. The van der Waals surface area contributed by atoms with Crippen molar-refractivity contribution in [3.8, 4) is 0 Å². The van der Waals surface area contributed by atoms with E-state index in [1.807, 2.05) is 60.7 Å². The SMILES string of the molecule is Nc1cc(N)cc(C2=Cc3cc(C(=O)c4ccc5c(c4)C=C5c4cc(N)cc(N)c4)ccc32)c1. The first-order valence-corrected chi connectivity index (χ1v) is 11.0. The lowest BCUT2D eigenvalue weighted by Crippen LogP contribution is -2.09. The minimum Gasteiger partial charge on any atom is -0.399 e. The van der Waals surface area contributed by atoms with E-state index in [1.165, 1.54) is 0 Å². The molecule has 2 aliphatic rings. The highest BCUT2D eigenvalue weighted by Gasteiger charge is 2.23. The van der Waals surface area contributed by atoms with Crippen LogP contribution in [0.5, 0.6) is 0 Å². The molecule has 4 aromatic carbocycles. The van der Waals surface area contributed by atoms with Crippen molar-refractivity contribution in [3.63, 3.8) is 0 Å². The van der Waals surface area contributed by atoms with Gasteiger partial charge in [0, 0.05) is 33.9 Å². The van der Waals surface area contributed by atoms with Crippen LogP contribution in [-0.2, 0) is 0 Å². The lowest BCUT2D eigenvalue weighted by Gasteiger charge is -2.23. The molecule has 2 aliphatic carbocycles. The Hall–Kier alpha value is -4.77. The number of rotatable bonds is 4. The molecule has 0 unspecified atom stereocenters. The molecule has 0 saturated heterocycles. The number of hydrogen-bond donors (Lipinski definition) is 4. The fourth-order valence-electron chi connectivity index (χ4n) is 4.76. The highest BCUT2D eigenvalue weighted by molar-refractivity contribution is 6.13. The average molecular weight is 443 g/mol. The summed E-state index contributed by atoms with van der Waals surface area (Å²) in [7, 11) is 0. The first kappa shape index (κ1) is 19.9. The van der Waals surface area contributed by atoms with E-state index < -0.39 is 0 Å². The lowest BCUT2D eigenvalue weighted by atomic mass is 9.81. The number of anilines is 4. The van der Waals surface area contributed by atoms with Crippen molar-refractivity contribution in [2.24, 2.45) is 0 Å². The maximum absolute atomic E-state index is 13.2. The van der Waals surface area contributed by atoms with Gasteiger partial charge in [-0.3, -0.25) is 4.79 Å². The van der Waals surface area contributed by atoms with Crippen molar-refractivity contribution in [3.05, 3.63) is 117 Å². The third-order valence-corrected chi connectivity index (χ3v) is 6.38. The minimum absolute atomic E-state index is 0.00398. The fraction of sp³-hybridized carbons (Fsp3) is 0. The van der Waals surface area contributed by atoms with Crippen LogP contribution in [0.25, 0.3) is 23.3 Å². The van der Waals surface area contributed by atoms with E-state index in [-0.39, 0.29) is 5.78 Å². The number of nitrogens with two attached hydrogens (primary N) is 4. The van der Waals surface area contributed by atoms with E-state index in [1.54, 1.807) is 12.1 Å². The average Bonchev–Trinajstić information content (AvgIpc) is 2.73. The van der Waals surface area contributed by atoms with Gasteiger partial charge in [-0.25, -0.2) is 0 Å². The predicted molar refractivity (Wildman–Crippen MR) is 141 cm³/mol. The van der Waals surface area contributed by atoms with Gasteiger partial charge in [-0.2, -0.15) is 0 Å². The molecule has 0 atom stereocenters. The van der Waals surface area contributed by atoms with Gasteiger partial charge in [0.05, 0.1) is 0 Å². The predicted octanol–water partition coefficient (Wildman–Crippen LogP) is 5.05. The van der Waals surface area contributed by atoms with E-state index in [2.05, 4.69) is 12.2 Å². The molecule has 0 aromatic heterocycles. The monoisotopic (exact) mass is 442 g/mol. The molecule has 8 N–H and O–H groups in total. The smallest absolute Gasteiger partial charge is 0.193 e. The van der Waals surface area contributed by atoms with Crippen LogP contribution in [0.2, 0.25) is 0 Å². The Morgan fingerprint density at radius 2 is 0.882 bits per heavy atom. The standard InChI is InChI=1S/C29H22N4O/c30-21-7-19(8-22(31)13-21)27-11-17-5-15(1-3-25(17)27)29(34)16-2-4-26-18(6-16)12-28(26)20-9-23(32)14-24(33)10-20/h1-14H,30-33H2. The highest BCUT2D eigenvalue weighted by atomic mass is 16.1. The highest BCUT2D eigenvalue weighted by Crippen LogP contribution is 2.41. The van der Waals surface area contributed by atoms with Gasteiger partial charge in [0.25, 0.3) is 0 Å². The quantitative estimate of drug-likeness (QED) is 0.225. The van der Waals surface area contributed by atoms with E-state index >= 15 is 0 Å². The molecule has 0 spiro atoms. The van der Waals surface area contributed by atoms with E-state index in [0.717, 1.165) is 44.5 Å². The molecular formula is C29H22N4O. The Bertz CT molecular complexity index is 1450. The Kier molecular flexibility index (Phi) is 4.16. The second kappa shape index (κ2) is 7.12. The zero-order valence-corrected chi connectivity index (χ0v) is 18.3. The summed E-state index contributed by atoms with van der Waals surface area (Å²) in [6.45, 7) is 0. The summed E-state index contributed by atoms with van der Waals surface area (Å²) >= 11 is 0. The van der Waals surface area contributed by atoms with Crippen molar-refractivity contribution >= 4 is 51.8 Å². The molecule has 0 amide bonds. The van der Waals surface area contributed by atoms with Crippen LogP contribution in [-0.4, -0.2) is 5.78 Å². The van der Waals surface area contributed by atoms with Gasteiger partial charge >= 0.3 is 0 Å². The van der Waals surface area contributed by atoms with Gasteiger partial charge in [-0.05, 0) is 105 Å². The molecule has 0 aliphatic heterocycles. The van der Waals surface area contributed by atoms with Gasteiger partial charge in [0.1, 0.15) is 0 Å². The number of nitrogen functional groups attached to an aromatic ring is 4. The van der Waals surface area contributed by atoms with Crippen LogP contribution >= 0.6 is 0 Å². The molecule has 6 rings (SSSR count). The number of hydrogen-bond acceptors (Lipinski definition) is 5. The Morgan fingerprint density at radius 1 is 0.500 bits per heavy atom. The molecule has 5 nitrogen and oxygen atoms in total. The maximum Gasteiger partial charge on any atom is 0.193 e. The number of ketones is 1. The molecule has 0 saturated carbocycles.